The highest BCUT2D eigenvalue weighted by Gasteiger charge is 2.30. The first-order chi connectivity index (χ1) is 16.3. The average Bonchev–Trinajstić information content (AvgIpc) is 2.74. The lowest BCUT2D eigenvalue weighted by Crippen LogP contribution is -2.36. The van der Waals surface area contributed by atoms with Crippen LogP contribution in [0.3, 0.4) is 0 Å². The van der Waals surface area contributed by atoms with Crippen LogP contribution in [0.25, 0.3) is 0 Å². The van der Waals surface area contributed by atoms with Crippen LogP contribution in [0, 0.1) is 11.6 Å². The summed E-state index contributed by atoms with van der Waals surface area (Å²) in [6.07, 6.45) is -3.75. The minimum Gasteiger partial charge on any atom is -0.326 e. The van der Waals surface area contributed by atoms with Gasteiger partial charge in [-0.1, -0.05) is 12.1 Å². The lowest BCUT2D eigenvalue weighted by molar-refractivity contribution is -0.137. The smallest absolute Gasteiger partial charge is 0.326 e. The summed E-state index contributed by atoms with van der Waals surface area (Å²) in [5.41, 5.74) is -1.40. The predicted octanol–water partition coefficient (Wildman–Crippen LogP) is 4.28. The molecule has 0 saturated heterocycles. The second kappa shape index (κ2) is 10.0. The van der Waals surface area contributed by atoms with E-state index >= 15 is 0 Å². The Morgan fingerprint density at radius 3 is 2.34 bits per heavy atom. The molecule has 1 amide bonds. The molecule has 3 rings (SSSR count). The monoisotopic (exact) mass is 513 g/mol. The van der Waals surface area contributed by atoms with Crippen molar-refractivity contribution >= 4 is 39.2 Å². The quantitative estimate of drug-likeness (QED) is 0.268. The van der Waals surface area contributed by atoms with Crippen molar-refractivity contribution in [2.75, 3.05) is 16.3 Å². The maximum absolute atomic E-state index is 13.5. The summed E-state index contributed by atoms with van der Waals surface area (Å²) in [6.45, 7) is 0. The number of pyridine rings is 1. The van der Waals surface area contributed by atoms with Gasteiger partial charge in [-0.25, -0.2) is 22.2 Å². The highest BCUT2D eigenvalue weighted by molar-refractivity contribution is 7.92. The SMILES string of the molecule is CS(=O)(=O)Nc1cccc(/N=C(/NC(=O)c2ccc(F)c(F)c2)Nc2cccc(C(F)(F)F)c2)n1. The van der Waals surface area contributed by atoms with Gasteiger partial charge in [-0.05, 0) is 48.5 Å². The van der Waals surface area contributed by atoms with E-state index in [2.05, 4.69) is 25.3 Å². The van der Waals surface area contributed by atoms with Gasteiger partial charge in [0.1, 0.15) is 5.82 Å². The molecule has 0 spiro atoms. The summed E-state index contributed by atoms with van der Waals surface area (Å²) in [6, 6.07) is 10.4. The van der Waals surface area contributed by atoms with Crippen LogP contribution in [0.4, 0.5) is 39.3 Å². The number of anilines is 2. The number of nitrogens with one attached hydrogen (secondary N) is 3. The molecule has 0 atom stereocenters. The Morgan fingerprint density at radius 2 is 1.69 bits per heavy atom. The number of rotatable bonds is 5. The fourth-order valence-electron chi connectivity index (χ4n) is 2.66. The Labute approximate surface area is 196 Å². The van der Waals surface area contributed by atoms with E-state index in [-0.39, 0.29) is 22.9 Å². The van der Waals surface area contributed by atoms with Gasteiger partial charge in [0.2, 0.25) is 16.0 Å². The third kappa shape index (κ3) is 7.46. The molecule has 184 valence electrons. The van der Waals surface area contributed by atoms with Crippen molar-refractivity contribution in [1.29, 1.82) is 0 Å². The molecule has 0 aliphatic carbocycles. The van der Waals surface area contributed by atoms with Gasteiger partial charge < -0.3 is 5.32 Å². The van der Waals surface area contributed by atoms with Crippen LogP contribution in [0.5, 0.6) is 0 Å². The van der Waals surface area contributed by atoms with E-state index in [0.717, 1.165) is 36.6 Å². The Hall–Kier alpha value is -4.07. The number of alkyl halides is 3. The van der Waals surface area contributed by atoms with Gasteiger partial charge in [0.05, 0.1) is 11.8 Å². The minimum absolute atomic E-state index is 0.112. The zero-order valence-corrected chi connectivity index (χ0v) is 18.5. The highest BCUT2D eigenvalue weighted by atomic mass is 32.2. The number of hydrogen-bond donors (Lipinski definition) is 3. The maximum atomic E-state index is 13.5. The number of sulfonamides is 1. The van der Waals surface area contributed by atoms with E-state index in [1.807, 2.05) is 0 Å². The van der Waals surface area contributed by atoms with Gasteiger partial charge >= 0.3 is 6.18 Å². The molecule has 1 aromatic heterocycles. The fraction of sp³-hybridized carbons (Fsp3) is 0.0952. The molecule has 14 heteroatoms. The van der Waals surface area contributed by atoms with Crippen molar-refractivity contribution in [3.8, 4) is 0 Å². The summed E-state index contributed by atoms with van der Waals surface area (Å²) in [5, 5.41) is 4.76. The first kappa shape index (κ1) is 25.6. The van der Waals surface area contributed by atoms with Crippen molar-refractivity contribution < 1.29 is 35.2 Å². The normalized spacial score (nSPS) is 12.2. The Kier molecular flexibility index (Phi) is 7.34. The van der Waals surface area contributed by atoms with E-state index in [0.29, 0.717) is 6.07 Å². The molecule has 3 N–H and O–H groups in total. The third-order valence-corrected chi connectivity index (χ3v) is 4.70. The lowest BCUT2D eigenvalue weighted by Gasteiger charge is -2.14. The van der Waals surface area contributed by atoms with Crippen LogP contribution in [0.15, 0.2) is 65.7 Å². The zero-order chi connectivity index (χ0) is 25.8. The number of halogens is 5. The second-order valence-corrected chi connectivity index (χ2v) is 8.75. The molecule has 0 bridgehead atoms. The largest absolute Gasteiger partial charge is 0.416 e. The molecule has 0 aliphatic heterocycles. The summed E-state index contributed by atoms with van der Waals surface area (Å²) in [5.74, 6) is -4.12. The summed E-state index contributed by atoms with van der Waals surface area (Å²) in [7, 11) is -3.67. The van der Waals surface area contributed by atoms with E-state index in [9.17, 15) is 35.2 Å². The maximum Gasteiger partial charge on any atom is 0.416 e. The van der Waals surface area contributed by atoms with E-state index in [1.54, 1.807) is 0 Å². The standard InChI is InChI=1S/C21H16F5N5O3S/c1-35(33,34)31-18-7-3-6-17(28-18)29-20(27-14-5-2-4-13(11-14)21(24,25)26)30-19(32)12-8-9-15(22)16(23)10-12/h2-11H,1H3,(H3,27,28,29,30,31,32). The fourth-order valence-corrected chi connectivity index (χ4v) is 3.15. The van der Waals surface area contributed by atoms with Gasteiger partial charge in [-0.15, -0.1) is 0 Å². The predicted molar refractivity (Wildman–Crippen MR) is 119 cm³/mol. The molecular weight excluding hydrogens is 497 g/mol. The van der Waals surface area contributed by atoms with Crippen LogP contribution < -0.4 is 15.4 Å². The van der Waals surface area contributed by atoms with Crippen molar-refractivity contribution in [3.63, 3.8) is 0 Å². The molecule has 2 aromatic carbocycles. The number of hydrogen-bond acceptors (Lipinski definition) is 5. The Bertz CT molecular complexity index is 1390. The van der Waals surface area contributed by atoms with E-state index < -0.39 is 45.3 Å². The Morgan fingerprint density at radius 1 is 0.971 bits per heavy atom. The Balaban J connectivity index is 1.97. The van der Waals surface area contributed by atoms with Gasteiger partial charge in [0.25, 0.3) is 5.91 Å². The van der Waals surface area contributed by atoms with Crippen LogP contribution in [0.1, 0.15) is 15.9 Å². The molecule has 0 aliphatic rings. The first-order valence-electron chi connectivity index (χ1n) is 9.54. The van der Waals surface area contributed by atoms with Gasteiger partial charge in [0.15, 0.2) is 17.5 Å². The third-order valence-electron chi connectivity index (χ3n) is 4.12. The van der Waals surface area contributed by atoms with Crippen molar-refractivity contribution in [3.05, 3.63) is 83.4 Å². The van der Waals surface area contributed by atoms with Crippen molar-refractivity contribution in [2.24, 2.45) is 4.99 Å². The van der Waals surface area contributed by atoms with Crippen LogP contribution in [0.2, 0.25) is 0 Å². The molecule has 0 unspecified atom stereocenters. The number of carbonyl (C=O) groups is 1. The van der Waals surface area contributed by atoms with E-state index in [1.165, 1.54) is 24.3 Å². The molecular formula is C21H16F5N5O3S. The number of carbonyl (C=O) groups excluding carboxylic acids is 1. The van der Waals surface area contributed by atoms with Crippen molar-refractivity contribution in [1.82, 2.24) is 10.3 Å². The summed E-state index contributed by atoms with van der Waals surface area (Å²) in [4.78, 5) is 20.5. The minimum atomic E-state index is -4.64. The lowest BCUT2D eigenvalue weighted by atomic mass is 10.2. The van der Waals surface area contributed by atoms with Crippen LogP contribution >= 0.6 is 0 Å². The molecule has 0 saturated carbocycles. The number of nitrogens with zero attached hydrogens (tertiary/aromatic N) is 2. The molecule has 35 heavy (non-hydrogen) atoms. The highest BCUT2D eigenvalue weighted by Crippen LogP contribution is 2.30. The van der Waals surface area contributed by atoms with Gasteiger partial charge in [-0.2, -0.15) is 18.2 Å². The topological polar surface area (TPSA) is 113 Å². The first-order valence-corrected chi connectivity index (χ1v) is 11.4. The molecule has 3 aromatic rings. The number of aliphatic imine (C=N–C) groups is 1. The second-order valence-electron chi connectivity index (χ2n) is 7.00. The molecule has 8 nitrogen and oxygen atoms in total. The number of amides is 1. The van der Waals surface area contributed by atoms with E-state index in [4.69, 9.17) is 0 Å². The van der Waals surface area contributed by atoms with Crippen LogP contribution in [-0.2, 0) is 16.2 Å². The molecule has 0 fully saturated rings. The number of benzene rings is 2. The van der Waals surface area contributed by atoms with Gasteiger partial charge in [-0.3, -0.25) is 14.8 Å². The summed E-state index contributed by atoms with van der Waals surface area (Å²) >= 11 is 0. The average molecular weight is 513 g/mol. The van der Waals surface area contributed by atoms with Gasteiger partial charge in [0, 0.05) is 11.3 Å². The number of guanidine groups is 1. The zero-order valence-electron chi connectivity index (χ0n) is 17.7. The molecule has 0 radical (unpaired) electrons. The number of aromatic nitrogens is 1. The van der Waals surface area contributed by atoms with Crippen molar-refractivity contribution in [2.45, 2.75) is 6.18 Å². The van der Waals surface area contributed by atoms with Crippen LogP contribution in [-0.4, -0.2) is 31.5 Å². The molecule has 1 heterocycles. The summed E-state index contributed by atoms with van der Waals surface area (Å²) < 4.78 is 91.0.